The third-order valence-electron chi connectivity index (χ3n) is 2.52. The smallest absolute Gasteiger partial charge is 0.00930 e. The maximum Gasteiger partial charge on any atom is -0.00930 e. The summed E-state index contributed by atoms with van der Waals surface area (Å²) in [6, 6.07) is 4.41. The highest BCUT2D eigenvalue weighted by atomic mass is 14.1. The number of hydrogen-bond acceptors (Lipinski definition) is 0. The molecular formula is C12H17. The number of benzene rings is 1. The summed E-state index contributed by atoms with van der Waals surface area (Å²) in [5.74, 6) is 0. The van der Waals surface area contributed by atoms with E-state index in [-0.39, 0.29) is 0 Å². The Balaban J connectivity index is 3.08. The average Bonchev–Trinajstić information content (AvgIpc) is 2.07. The Bertz CT molecular complexity index is 272. The molecule has 0 amide bonds. The molecule has 0 nitrogen and oxygen atoms in total. The third kappa shape index (κ3) is 1.69. The van der Waals surface area contributed by atoms with Gasteiger partial charge >= 0.3 is 0 Å². The summed E-state index contributed by atoms with van der Waals surface area (Å²) in [5, 5.41) is 0. The van der Waals surface area contributed by atoms with Crippen molar-refractivity contribution in [1.82, 2.24) is 0 Å². The van der Waals surface area contributed by atoms with Crippen LogP contribution in [0, 0.1) is 27.2 Å². The monoisotopic (exact) mass is 161 g/mol. The molecule has 65 valence electrons. The van der Waals surface area contributed by atoms with Crippen LogP contribution in [0.2, 0.25) is 0 Å². The fourth-order valence-electron chi connectivity index (χ4n) is 1.42. The molecule has 1 radical (unpaired) electrons. The van der Waals surface area contributed by atoms with Gasteiger partial charge in [0.2, 0.25) is 0 Å². The Morgan fingerprint density at radius 1 is 1.08 bits per heavy atom. The quantitative estimate of drug-likeness (QED) is 0.622. The van der Waals surface area contributed by atoms with Crippen molar-refractivity contribution in [2.45, 2.75) is 34.1 Å². The van der Waals surface area contributed by atoms with Crippen LogP contribution in [0.3, 0.4) is 0 Å². The maximum atomic E-state index is 2.28. The van der Waals surface area contributed by atoms with Gasteiger partial charge in [-0.25, -0.2) is 0 Å². The lowest BCUT2D eigenvalue weighted by Gasteiger charge is -2.09. The summed E-state index contributed by atoms with van der Waals surface area (Å²) < 4.78 is 0. The van der Waals surface area contributed by atoms with Crippen LogP contribution in [0.1, 0.15) is 35.6 Å². The highest BCUT2D eigenvalue weighted by Gasteiger charge is 2.01. The zero-order chi connectivity index (χ0) is 9.14. The van der Waals surface area contributed by atoms with Gasteiger partial charge in [-0.2, -0.15) is 0 Å². The molecule has 0 aliphatic rings. The van der Waals surface area contributed by atoms with Crippen molar-refractivity contribution in [2.24, 2.45) is 0 Å². The molecule has 0 aliphatic carbocycles. The molecular weight excluding hydrogens is 144 g/mol. The van der Waals surface area contributed by atoms with Crippen molar-refractivity contribution in [2.75, 3.05) is 0 Å². The predicted octanol–water partition coefficient (Wildman–Crippen LogP) is 3.57. The van der Waals surface area contributed by atoms with Gasteiger partial charge in [0.05, 0.1) is 0 Å². The minimum atomic E-state index is 1.11. The molecule has 1 rings (SSSR count). The largest absolute Gasteiger partial charge is 0.0648 e. The summed E-state index contributed by atoms with van der Waals surface area (Å²) in [4.78, 5) is 0. The van der Waals surface area contributed by atoms with Crippen LogP contribution < -0.4 is 0 Å². The van der Waals surface area contributed by atoms with E-state index in [9.17, 15) is 0 Å². The van der Waals surface area contributed by atoms with Crippen molar-refractivity contribution in [3.63, 3.8) is 0 Å². The van der Waals surface area contributed by atoms with E-state index in [0.717, 1.165) is 6.42 Å². The molecule has 0 aliphatic heterocycles. The van der Waals surface area contributed by atoms with Crippen LogP contribution in [-0.2, 0) is 0 Å². The Labute approximate surface area is 75.6 Å². The average molecular weight is 161 g/mol. The van der Waals surface area contributed by atoms with Crippen LogP contribution in [0.5, 0.6) is 0 Å². The fourth-order valence-corrected chi connectivity index (χ4v) is 1.42. The molecule has 0 unspecified atom stereocenters. The molecule has 0 atom stereocenters. The Hall–Kier alpha value is -0.780. The van der Waals surface area contributed by atoms with Gasteiger partial charge in [0, 0.05) is 0 Å². The van der Waals surface area contributed by atoms with E-state index in [1.807, 2.05) is 0 Å². The van der Waals surface area contributed by atoms with Gasteiger partial charge in [0.1, 0.15) is 0 Å². The Morgan fingerprint density at radius 2 is 1.75 bits per heavy atom. The zero-order valence-corrected chi connectivity index (χ0v) is 8.44. The van der Waals surface area contributed by atoms with Gasteiger partial charge in [-0.3, -0.25) is 0 Å². The molecule has 0 heteroatoms. The first-order chi connectivity index (χ1) is 5.66. The molecule has 0 spiro atoms. The lowest BCUT2D eigenvalue weighted by molar-refractivity contribution is 1.09. The van der Waals surface area contributed by atoms with Crippen LogP contribution in [0.15, 0.2) is 12.1 Å². The zero-order valence-electron chi connectivity index (χ0n) is 8.44. The lowest BCUT2D eigenvalue weighted by atomic mass is 9.96. The van der Waals surface area contributed by atoms with Crippen molar-refractivity contribution >= 4 is 0 Å². The lowest BCUT2D eigenvalue weighted by Crippen LogP contribution is -1.92. The minimum Gasteiger partial charge on any atom is -0.0648 e. The third-order valence-corrected chi connectivity index (χ3v) is 2.52. The van der Waals surface area contributed by atoms with Crippen molar-refractivity contribution in [3.8, 4) is 0 Å². The molecule has 0 aromatic heterocycles. The maximum absolute atomic E-state index is 2.28. The molecule has 0 saturated carbocycles. The van der Waals surface area contributed by atoms with Crippen LogP contribution in [0.25, 0.3) is 0 Å². The van der Waals surface area contributed by atoms with Crippen molar-refractivity contribution < 1.29 is 0 Å². The van der Waals surface area contributed by atoms with Gasteiger partial charge in [-0.15, -0.1) is 0 Å². The summed E-state index contributed by atoms with van der Waals surface area (Å²) in [7, 11) is 0. The predicted molar refractivity (Wildman–Crippen MR) is 54.3 cm³/mol. The first kappa shape index (κ1) is 9.31. The highest BCUT2D eigenvalue weighted by molar-refractivity contribution is 5.41. The van der Waals surface area contributed by atoms with Crippen molar-refractivity contribution in [1.29, 1.82) is 0 Å². The Kier molecular flexibility index (Phi) is 2.91. The standard InChI is InChI=1S/C12H17/c1-5-6-12-8-7-9(2)10(3)11(12)4/h6-8H,5H2,1-4H3. The Morgan fingerprint density at radius 3 is 2.33 bits per heavy atom. The molecule has 1 aromatic carbocycles. The fraction of sp³-hybridized carbons (Fsp3) is 0.417. The number of aryl methyl sites for hydroxylation is 1. The van der Waals surface area contributed by atoms with E-state index in [0.29, 0.717) is 0 Å². The molecule has 0 N–H and O–H groups in total. The van der Waals surface area contributed by atoms with E-state index in [1.54, 1.807) is 0 Å². The molecule has 0 bridgehead atoms. The van der Waals surface area contributed by atoms with Crippen LogP contribution >= 0.6 is 0 Å². The van der Waals surface area contributed by atoms with E-state index in [1.165, 1.54) is 22.3 Å². The van der Waals surface area contributed by atoms with Gasteiger partial charge in [0.25, 0.3) is 0 Å². The van der Waals surface area contributed by atoms with Gasteiger partial charge in [0.15, 0.2) is 0 Å². The van der Waals surface area contributed by atoms with Gasteiger partial charge in [-0.05, 0) is 55.9 Å². The van der Waals surface area contributed by atoms with Gasteiger partial charge < -0.3 is 0 Å². The highest BCUT2D eigenvalue weighted by Crippen LogP contribution is 2.18. The van der Waals surface area contributed by atoms with E-state index in [4.69, 9.17) is 0 Å². The second-order valence-corrected chi connectivity index (χ2v) is 3.33. The second-order valence-electron chi connectivity index (χ2n) is 3.33. The minimum absolute atomic E-state index is 1.11. The molecule has 0 fully saturated rings. The summed E-state index contributed by atoms with van der Waals surface area (Å²) in [6.45, 7) is 8.73. The summed E-state index contributed by atoms with van der Waals surface area (Å²) in [6.07, 6.45) is 3.39. The van der Waals surface area contributed by atoms with E-state index in [2.05, 4.69) is 46.2 Å². The summed E-state index contributed by atoms with van der Waals surface area (Å²) >= 11 is 0. The molecule has 0 saturated heterocycles. The van der Waals surface area contributed by atoms with Crippen molar-refractivity contribution in [3.05, 3.63) is 40.8 Å². The summed E-state index contributed by atoms with van der Waals surface area (Å²) in [5.41, 5.74) is 5.63. The second kappa shape index (κ2) is 3.75. The SMILES string of the molecule is CC[CH]c1ccc(C)c(C)c1C. The number of rotatable bonds is 2. The normalized spacial score (nSPS) is 10.3. The molecule has 12 heavy (non-hydrogen) atoms. The molecule has 0 heterocycles. The first-order valence-electron chi connectivity index (χ1n) is 4.56. The topological polar surface area (TPSA) is 0 Å². The van der Waals surface area contributed by atoms with E-state index < -0.39 is 0 Å². The first-order valence-corrected chi connectivity index (χ1v) is 4.56. The van der Waals surface area contributed by atoms with E-state index >= 15 is 0 Å². The van der Waals surface area contributed by atoms with Crippen LogP contribution in [0.4, 0.5) is 0 Å². The van der Waals surface area contributed by atoms with Crippen LogP contribution in [-0.4, -0.2) is 0 Å². The van der Waals surface area contributed by atoms with Gasteiger partial charge in [-0.1, -0.05) is 19.1 Å². The number of hydrogen-bond donors (Lipinski definition) is 0. The molecule has 1 aromatic rings.